The first-order valence-electron chi connectivity index (χ1n) is 6.44. The summed E-state index contributed by atoms with van der Waals surface area (Å²) in [6, 6.07) is 6.15. The average molecular weight is 266 g/mol. The van der Waals surface area contributed by atoms with Gasteiger partial charge in [-0.15, -0.1) is 11.6 Å². The monoisotopic (exact) mass is 265 g/mol. The summed E-state index contributed by atoms with van der Waals surface area (Å²) in [6.07, 6.45) is 2.45. The lowest BCUT2D eigenvalue weighted by Crippen LogP contribution is -2.14. The summed E-state index contributed by atoms with van der Waals surface area (Å²) in [6.45, 7) is 6.41. The van der Waals surface area contributed by atoms with E-state index in [-0.39, 0.29) is 16.7 Å². The van der Waals surface area contributed by atoms with E-state index in [4.69, 9.17) is 11.6 Å². The number of halogens is 1. The van der Waals surface area contributed by atoms with Gasteiger partial charge in [-0.3, -0.25) is 4.79 Å². The fraction of sp³-hybridized carbons (Fsp3) is 0.533. The first-order chi connectivity index (χ1) is 8.38. The molecule has 1 unspecified atom stereocenters. The molecule has 3 heteroatoms. The van der Waals surface area contributed by atoms with Crippen LogP contribution in [-0.4, -0.2) is 5.91 Å². The molecule has 0 radical (unpaired) electrons. The summed E-state index contributed by atoms with van der Waals surface area (Å²) in [5, 5.41) is 2.93. The molecule has 1 N–H and O–H groups in total. The minimum atomic E-state index is -0.0123. The standard InChI is InChI=1S/C15H20ClNO/c1-15(2,3)14(16)11-7-8-12-10(9-11)5-4-6-13(18)17-12/h7-9,14H,4-6H2,1-3H3,(H,17,18). The maximum atomic E-state index is 11.5. The highest BCUT2D eigenvalue weighted by Crippen LogP contribution is 2.39. The predicted octanol–water partition coefficient (Wildman–Crippen LogP) is 4.29. The van der Waals surface area contributed by atoms with Crippen LogP contribution in [0.15, 0.2) is 18.2 Å². The molecule has 1 aromatic rings. The van der Waals surface area contributed by atoms with Gasteiger partial charge in [0.25, 0.3) is 0 Å². The molecule has 1 amide bonds. The van der Waals surface area contributed by atoms with Crippen molar-refractivity contribution in [3.63, 3.8) is 0 Å². The van der Waals surface area contributed by atoms with Crippen molar-refractivity contribution in [2.45, 2.75) is 45.4 Å². The summed E-state index contributed by atoms with van der Waals surface area (Å²) in [5.41, 5.74) is 3.32. The SMILES string of the molecule is CC(C)(C)C(Cl)c1ccc2c(c1)CCCC(=O)N2. The first kappa shape index (κ1) is 13.4. The van der Waals surface area contributed by atoms with Crippen molar-refractivity contribution in [3.05, 3.63) is 29.3 Å². The van der Waals surface area contributed by atoms with Crippen LogP contribution in [0.3, 0.4) is 0 Å². The molecule has 0 saturated carbocycles. The van der Waals surface area contributed by atoms with Crippen molar-refractivity contribution in [2.24, 2.45) is 5.41 Å². The number of fused-ring (bicyclic) bond motifs is 1. The van der Waals surface area contributed by atoms with Crippen LogP contribution in [0.2, 0.25) is 0 Å². The normalized spacial score (nSPS) is 17.7. The molecule has 0 saturated heterocycles. The maximum absolute atomic E-state index is 11.5. The first-order valence-corrected chi connectivity index (χ1v) is 6.88. The van der Waals surface area contributed by atoms with Gasteiger partial charge in [0.1, 0.15) is 0 Å². The van der Waals surface area contributed by atoms with Crippen LogP contribution in [-0.2, 0) is 11.2 Å². The fourth-order valence-corrected chi connectivity index (χ4v) is 2.39. The Morgan fingerprint density at radius 2 is 2.00 bits per heavy atom. The highest BCUT2D eigenvalue weighted by molar-refractivity contribution is 6.21. The van der Waals surface area contributed by atoms with Gasteiger partial charge in [-0.25, -0.2) is 0 Å². The number of alkyl halides is 1. The summed E-state index contributed by atoms with van der Waals surface area (Å²) < 4.78 is 0. The van der Waals surface area contributed by atoms with E-state index in [1.54, 1.807) is 0 Å². The zero-order chi connectivity index (χ0) is 13.3. The number of hydrogen-bond donors (Lipinski definition) is 1. The zero-order valence-electron chi connectivity index (χ0n) is 11.2. The Kier molecular flexibility index (Phi) is 3.67. The van der Waals surface area contributed by atoms with E-state index < -0.39 is 0 Å². The lowest BCUT2D eigenvalue weighted by molar-refractivity contribution is -0.116. The molecule has 1 aliphatic heterocycles. The summed E-state index contributed by atoms with van der Waals surface area (Å²) in [7, 11) is 0. The van der Waals surface area contributed by atoms with Crippen LogP contribution in [0.25, 0.3) is 0 Å². The molecule has 1 aliphatic rings. The molecule has 0 spiro atoms. The number of rotatable bonds is 1. The number of carbonyl (C=O) groups is 1. The van der Waals surface area contributed by atoms with Gasteiger partial charge in [-0.1, -0.05) is 32.9 Å². The van der Waals surface area contributed by atoms with Gasteiger partial charge in [-0.2, -0.15) is 0 Å². The lowest BCUT2D eigenvalue weighted by atomic mass is 9.86. The molecule has 0 bridgehead atoms. The van der Waals surface area contributed by atoms with Crippen LogP contribution >= 0.6 is 11.6 Å². The van der Waals surface area contributed by atoms with Crippen LogP contribution in [0.5, 0.6) is 0 Å². The second-order valence-corrected chi connectivity index (χ2v) is 6.48. The van der Waals surface area contributed by atoms with E-state index >= 15 is 0 Å². The Balaban J connectivity index is 2.32. The second kappa shape index (κ2) is 4.93. The van der Waals surface area contributed by atoms with Crippen molar-refractivity contribution >= 4 is 23.2 Å². The number of carbonyl (C=O) groups excluding carboxylic acids is 1. The zero-order valence-corrected chi connectivity index (χ0v) is 12.0. The molecule has 1 heterocycles. The van der Waals surface area contributed by atoms with Crippen molar-refractivity contribution in [1.29, 1.82) is 0 Å². The van der Waals surface area contributed by atoms with E-state index in [0.717, 1.165) is 24.1 Å². The molecule has 98 valence electrons. The van der Waals surface area contributed by atoms with Crippen LogP contribution in [0.4, 0.5) is 5.69 Å². The van der Waals surface area contributed by atoms with Gasteiger partial charge in [0, 0.05) is 12.1 Å². The summed E-state index contributed by atoms with van der Waals surface area (Å²) >= 11 is 6.51. The van der Waals surface area contributed by atoms with Crippen LogP contribution in [0, 0.1) is 5.41 Å². The van der Waals surface area contributed by atoms with E-state index in [0.29, 0.717) is 6.42 Å². The lowest BCUT2D eigenvalue weighted by Gasteiger charge is -2.26. The smallest absolute Gasteiger partial charge is 0.224 e. The third kappa shape index (κ3) is 2.86. The van der Waals surface area contributed by atoms with Crippen LogP contribution < -0.4 is 5.32 Å². The third-order valence-corrected chi connectivity index (χ3v) is 4.21. The Labute approximate surface area is 114 Å². The molecular weight excluding hydrogens is 246 g/mol. The number of hydrogen-bond acceptors (Lipinski definition) is 1. The summed E-state index contributed by atoms with van der Waals surface area (Å²) in [4.78, 5) is 11.5. The topological polar surface area (TPSA) is 29.1 Å². The van der Waals surface area contributed by atoms with Crippen LogP contribution in [0.1, 0.15) is 50.1 Å². The van der Waals surface area contributed by atoms with Gasteiger partial charge in [-0.05, 0) is 35.4 Å². The number of benzene rings is 1. The predicted molar refractivity (Wildman–Crippen MR) is 76.1 cm³/mol. The number of amides is 1. The van der Waals surface area contributed by atoms with Gasteiger partial charge < -0.3 is 5.32 Å². The molecule has 1 aromatic carbocycles. The minimum absolute atomic E-state index is 0.0123. The Morgan fingerprint density at radius 3 is 2.67 bits per heavy atom. The van der Waals surface area contributed by atoms with Gasteiger partial charge in [0.15, 0.2) is 0 Å². The minimum Gasteiger partial charge on any atom is -0.326 e. The van der Waals surface area contributed by atoms with E-state index in [1.807, 2.05) is 12.1 Å². The number of aryl methyl sites for hydroxylation is 1. The molecule has 1 atom stereocenters. The number of nitrogens with one attached hydrogen (secondary N) is 1. The van der Waals surface area contributed by atoms with Crippen molar-refractivity contribution in [1.82, 2.24) is 0 Å². The molecule has 0 aromatic heterocycles. The summed E-state index contributed by atoms with van der Waals surface area (Å²) in [5.74, 6) is 0.111. The van der Waals surface area contributed by atoms with E-state index in [1.165, 1.54) is 5.56 Å². The van der Waals surface area contributed by atoms with Gasteiger partial charge in [0.2, 0.25) is 5.91 Å². The third-order valence-electron chi connectivity index (χ3n) is 3.31. The Hall–Kier alpha value is -1.02. The molecule has 2 rings (SSSR count). The highest BCUT2D eigenvalue weighted by Gasteiger charge is 2.25. The molecule has 2 nitrogen and oxygen atoms in total. The van der Waals surface area contributed by atoms with Crippen molar-refractivity contribution < 1.29 is 4.79 Å². The Morgan fingerprint density at radius 1 is 1.28 bits per heavy atom. The average Bonchev–Trinajstić information content (AvgIpc) is 2.46. The fourth-order valence-electron chi connectivity index (χ4n) is 2.25. The largest absolute Gasteiger partial charge is 0.326 e. The maximum Gasteiger partial charge on any atom is 0.224 e. The molecule has 18 heavy (non-hydrogen) atoms. The Bertz CT molecular complexity index is 462. The van der Waals surface area contributed by atoms with Crippen molar-refractivity contribution in [2.75, 3.05) is 5.32 Å². The van der Waals surface area contributed by atoms with E-state index in [2.05, 4.69) is 32.2 Å². The molecule has 0 fully saturated rings. The molecule has 0 aliphatic carbocycles. The second-order valence-electron chi connectivity index (χ2n) is 6.05. The highest BCUT2D eigenvalue weighted by atomic mass is 35.5. The molecular formula is C15H20ClNO. The van der Waals surface area contributed by atoms with Gasteiger partial charge >= 0.3 is 0 Å². The quantitative estimate of drug-likeness (QED) is 0.754. The van der Waals surface area contributed by atoms with Gasteiger partial charge in [0.05, 0.1) is 5.38 Å². The van der Waals surface area contributed by atoms with E-state index in [9.17, 15) is 4.79 Å². The number of anilines is 1. The van der Waals surface area contributed by atoms with Crippen molar-refractivity contribution in [3.8, 4) is 0 Å².